The fourth-order valence-electron chi connectivity index (χ4n) is 1.19. The molecule has 2 nitrogen and oxygen atoms in total. The van der Waals surface area contributed by atoms with Crippen LogP contribution in [0.3, 0.4) is 0 Å². The third-order valence-electron chi connectivity index (χ3n) is 1.89. The molecule has 2 atom stereocenters. The SMILES string of the molecule is C1CSCC2NCC2O1. The quantitative estimate of drug-likeness (QED) is 0.522. The highest BCUT2D eigenvalue weighted by molar-refractivity contribution is 7.99. The van der Waals surface area contributed by atoms with Gasteiger partial charge < -0.3 is 10.1 Å². The second-order valence-electron chi connectivity index (χ2n) is 2.50. The standard InChI is InChI=1S/C6H11NOS/c1-2-9-4-5-6(8-1)3-7-5/h5-7H,1-4H2. The van der Waals surface area contributed by atoms with E-state index in [0.29, 0.717) is 12.1 Å². The van der Waals surface area contributed by atoms with E-state index < -0.39 is 0 Å². The molecule has 2 fully saturated rings. The molecule has 2 rings (SSSR count). The van der Waals surface area contributed by atoms with Gasteiger partial charge in [-0.2, -0.15) is 11.8 Å². The van der Waals surface area contributed by atoms with E-state index >= 15 is 0 Å². The Labute approximate surface area is 59.3 Å². The summed E-state index contributed by atoms with van der Waals surface area (Å²) in [6, 6.07) is 0.664. The van der Waals surface area contributed by atoms with Gasteiger partial charge in [0, 0.05) is 24.1 Å². The number of ether oxygens (including phenoxy) is 1. The monoisotopic (exact) mass is 145 g/mol. The molecule has 0 spiro atoms. The average Bonchev–Trinajstić information content (AvgIpc) is 1.94. The van der Waals surface area contributed by atoms with E-state index in [2.05, 4.69) is 5.32 Å². The highest BCUT2D eigenvalue weighted by Gasteiger charge is 2.32. The number of hydrogen-bond donors (Lipinski definition) is 1. The van der Waals surface area contributed by atoms with Gasteiger partial charge in [-0.05, 0) is 0 Å². The molecule has 1 N–H and O–H groups in total. The third kappa shape index (κ3) is 1.09. The van der Waals surface area contributed by atoms with Crippen LogP contribution in [0.15, 0.2) is 0 Å². The van der Waals surface area contributed by atoms with Crippen LogP contribution in [-0.2, 0) is 4.74 Å². The predicted molar refractivity (Wildman–Crippen MR) is 38.9 cm³/mol. The van der Waals surface area contributed by atoms with Crippen LogP contribution in [-0.4, -0.2) is 36.8 Å². The van der Waals surface area contributed by atoms with Gasteiger partial charge in [-0.25, -0.2) is 0 Å². The molecule has 0 aromatic carbocycles. The van der Waals surface area contributed by atoms with Crippen molar-refractivity contribution >= 4 is 11.8 Å². The molecule has 2 unspecified atom stereocenters. The largest absolute Gasteiger partial charge is 0.374 e. The number of thioether (sulfide) groups is 1. The van der Waals surface area contributed by atoms with Crippen LogP contribution in [0.5, 0.6) is 0 Å². The lowest BCUT2D eigenvalue weighted by molar-refractivity contribution is 0.00105. The number of rotatable bonds is 0. The number of fused-ring (bicyclic) bond motifs is 1. The van der Waals surface area contributed by atoms with E-state index in [-0.39, 0.29) is 0 Å². The van der Waals surface area contributed by atoms with Crippen LogP contribution in [0.2, 0.25) is 0 Å². The zero-order valence-electron chi connectivity index (χ0n) is 5.30. The zero-order chi connectivity index (χ0) is 6.10. The lowest BCUT2D eigenvalue weighted by Gasteiger charge is -2.35. The zero-order valence-corrected chi connectivity index (χ0v) is 6.12. The molecular formula is C6H11NOS. The molecule has 0 bridgehead atoms. The first kappa shape index (κ1) is 6.01. The normalized spacial score (nSPS) is 42.7. The first-order chi connectivity index (χ1) is 4.47. The molecule has 2 saturated heterocycles. The topological polar surface area (TPSA) is 21.3 Å². The minimum atomic E-state index is 0.542. The highest BCUT2D eigenvalue weighted by atomic mass is 32.2. The van der Waals surface area contributed by atoms with Crippen LogP contribution in [0.4, 0.5) is 0 Å². The van der Waals surface area contributed by atoms with Gasteiger partial charge in [0.15, 0.2) is 0 Å². The Morgan fingerprint density at radius 3 is 3.33 bits per heavy atom. The van der Waals surface area contributed by atoms with E-state index in [0.717, 1.165) is 13.2 Å². The second-order valence-corrected chi connectivity index (χ2v) is 3.65. The summed E-state index contributed by atoms with van der Waals surface area (Å²) in [6.07, 6.45) is 0.542. The highest BCUT2D eigenvalue weighted by Crippen LogP contribution is 2.18. The van der Waals surface area contributed by atoms with Gasteiger partial charge in [-0.15, -0.1) is 0 Å². The van der Waals surface area contributed by atoms with Crippen molar-refractivity contribution in [2.75, 3.05) is 24.7 Å². The van der Waals surface area contributed by atoms with Crippen molar-refractivity contribution in [1.29, 1.82) is 0 Å². The molecule has 2 aliphatic heterocycles. The molecule has 9 heavy (non-hydrogen) atoms. The van der Waals surface area contributed by atoms with E-state index in [1.165, 1.54) is 11.5 Å². The molecule has 0 aromatic heterocycles. The van der Waals surface area contributed by atoms with Crippen LogP contribution in [0.25, 0.3) is 0 Å². The minimum Gasteiger partial charge on any atom is -0.374 e. The van der Waals surface area contributed by atoms with Crippen molar-refractivity contribution < 1.29 is 4.74 Å². The summed E-state index contributed by atoms with van der Waals surface area (Å²) in [6.45, 7) is 2.03. The van der Waals surface area contributed by atoms with E-state index in [9.17, 15) is 0 Å². The third-order valence-corrected chi connectivity index (χ3v) is 2.94. The van der Waals surface area contributed by atoms with Crippen molar-refractivity contribution in [1.82, 2.24) is 5.32 Å². The smallest absolute Gasteiger partial charge is 0.0860 e. The van der Waals surface area contributed by atoms with E-state index in [1.54, 1.807) is 0 Å². The van der Waals surface area contributed by atoms with Gasteiger partial charge >= 0.3 is 0 Å². The molecule has 0 aliphatic carbocycles. The van der Waals surface area contributed by atoms with E-state index in [1.807, 2.05) is 11.8 Å². The molecule has 2 heterocycles. The maximum absolute atomic E-state index is 5.52. The Balaban J connectivity index is 1.90. The fourth-order valence-corrected chi connectivity index (χ4v) is 2.16. The maximum atomic E-state index is 5.52. The van der Waals surface area contributed by atoms with Gasteiger partial charge in [0.1, 0.15) is 0 Å². The Kier molecular flexibility index (Phi) is 1.66. The second kappa shape index (κ2) is 2.48. The lowest BCUT2D eigenvalue weighted by atomic mass is 10.1. The van der Waals surface area contributed by atoms with Gasteiger partial charge in [0.25, 0.3) is 0 Å². The van der Waals surface area contributed by atoms with Crippen molar-refractivity contribution in [2.45, 2.75) is 12.1 Å². The summed E-state index contributed by atoms with van der Waals surface area (Å²) in [5.41, 5.74) is 0. The van der Waals surface area contributed by atoms with Crippen molar-refractivity contribution in [3.05, 3.63) is 0 Å². The average molecular weight is 145 g/mol. The number of hydrogen-bond acceptors (Lipinski definition) is 3. The molecule has 0 radical (unpaired) electrons. The Morgan fingerprint density at radius 2 is 2.56 bits per heavy atom. The Morgan fingerprint density at radius 1 is 1.56 bits per heavy atom. The maximum Gasteiger partial charge on any atom is 0.0860 e. The lowest BCUT2D eigenvalue weighted by Crippen LogP contribution is -2.59. The first-order valence-electron chi connectivity index (χ1n) is 3.39. The Hall–Kier alpha value is 0.270. The minimum absolute atomic E-state index is 0.542. The summed E-state index contributed by atoms with van der Waals surface area (Å²) in [4.78, 5) is 0. The first-order valence-corrected chi connectivity index (χ1v) is 4.55. The van der Waals surface area contributed by atoms with Gasteiger partial charge in [-0.3, -0.25) is 0 Å². The van der Waals surface area contributed by atoms with Crippen LogP contribution >= 0.6 is 11.8 Å². The molecule has 52 valence electrons. The summed E-state index contributed by atoms with van der Waals surface area (Å²) < 4.78 is 5.52. The van der Waals surface area contributed by atoms with Crippen molar-refractivity contribution in [2.24, 2.45) is 0 Å². The van der Waals surface area contributed by atoms with Gasteiger partial charge in [-0.1, -0.05) is 0 Å². The van der Waals surface area contributed by atoms with E-state index in [4.69, 9.17) is 4.74 Å². The summed E-state index contributed by atoms with van der Waals surface area (Å²) >= 11 is 1.99. The number of nitrogens with one attached hydrogen (secondary N) is 1. The molecule has 3 heteroatoms. The fraction of sp³-hybridized carbons (Fsp3) is 1.00. The molecule has 0 aromatic rings. The van der Waals surface area contributed by atoms with Gasteiger partial charge in [0.05, 0.1) is 12.7 Å². The van der Waals surface area contributed by atoms with Crippen LogP contribution in [0, 0.1) is 0 Å². The van der Waals surface area contributed by atoms with Crippen LogP contribution < -0.4 is 5.32 Å². The summed E-state index contributed by atoms with van der Waals surface area (Å²) in [5, 5.41) is 3.34. The molecular weight excluding hydrogens is 134 g/mol. The molecule has 0 saturated carbocycles. The molecule has 0 amide bonds. The Bertz CT molecular complexity index is 97.2. The molecule has 2 aliphatic rings. The van der Waals surface area contributed by atoms with Crippen LogP contribution in [0.1, 0.15) is 0 Å². The van der Waals surface area contributed by atoms with Crippen molar-refractivity contribution in [3.63, 3.8) is 0 Å². The van der Waals surface area contributed by atoms with Gasteiger partial charge in [0.2, 0.25) is 0 Å². The van der Waals surface area contributed by atoms with Crippen molar-refractivity contribution in [3.8, 4) is 0 Å². The summed E-state index contributed by atoms with van der Waals surface area (Å²) in [5.74, 6) is 2.42. The summed E-state index contributed by atoms with van der Waals surface area (Å²) in [7, 11) is 0. The predicted octanol–water partition coefficient (Wildman–Crippen LogP) is 0.0902.